The fraction of sp³-hybridized carbons (Fsp3) is 0.364. The number of allylic oxidation sites excluding steroid dienone is 2. The Bertz CT molecular complexity index is 1300. The molecule has 9 nitrogen and oxygen atoms in total. The Hall–Kier alpha value is -2.83. The molecule has 176 valence electrons. The first-order valence-electron chi connectivity index (χ1n) is 10.8. The second-order valence-electron chi connectivity index (χ2n) is 8.18. The van der Waals surface area contributed by atoms with Gasteiger partial charge in [-0.05, 0) is 42.9 Å². The molecule has 1 saturated carbocycles. The Morgan fingerprint density at radius 2 is 1.91 bits per heavy atom. The largest absolute Gasteiger partial charge is 0.481 e. The molecule has 2 heterocycles. The molecule has 4 atom stereocenters. The predicted octanol–water partition coefficient (Wildman–Crippen LogP) is 3.90. The lowest BCUT2D eigenvalue weighted by Gasteiger charge is -2.23. The number of benzene rings is 1. The number of thioether (sulfide) groups is 1. The van der Waals surface area contributed by atoms with Crippen LogP contribution in [0.4, 0.5) is 10.8 Å². The zero-order chi connectivity index (χ0) is 23.8. The zero-order valence-electron chi connectivity index (χ0n) is 18.1. The monoisotopic (exact) mass is 515 g/mol. The van der Waals surface area contributed by atoms with Crippen LogP contribution in [0.1, 0.15) is 18.4 Å². The van der Waals surface area contributed by atoms with E-state index in [9.17, 15) is 19.5 Å². The summed E-state index contributed by atoms with van der Waals surface area (Å²) in [5.74, 6) is -2.50. The van der Waals surface area contributed by atoms with Crippen molar-refractivity contribution in [1.29, 1.82) is 0 Å². The van der Waals surface area contributed by atoms with Gasteiger partial charge < -0.3 is 10.4 Å². The van der Waals surface area contributed by atoms with Crippen LogP contribution in [0.15, 0.2) is 34.7 Å². The Morgan fingerprint density at radius 1 is 1.12 bits per heavy atom. The maximum absolute atomic E-state index is 12.9. The Balaban J connectivity index is 1.21. The second-order valence-corrected chi connectivity index (χ2v) is 11.5. The molecule has 0 spiro atoms. The zero-order valence-corrected chi connectivity index (χ0v) is 20.5. The maximum Gasteiger partial charge on any atom is 0.307 e. The molecule has 2 aromatic heterocycles. The van der Waals surface area contributed by atoms with Gasteiger partial charge in [0.2, 0.25) is 16.9 Å². The van der Waals surface area contributed by atoms with E-state index in [1.54, 1.807) is 6.07 Å². The molecule has 34 heavy (non-hydrogen) atoms. The number of hydrogen-bond donors (Lipinski definition) is 3. The highest BCUT2D eigenvalue weighted by Gasteiger charge is 2.51. The van der Waals surface area contributed by atoms with Crippen LogP contribution in [0.25, 0.3) is 10.2 Å². The van der Waals surface area contributed by atoms with Gasteiger partial charge in [0, 0.05) is 5.69 Å². The summed E-state index contributed by atoms with van der Waals surface area (Å²) in [6, 6.07) is 5.41. The van der Waals surface area contributed by atoms with Crippen LogP contribution in [-0.4, -0.2) is 43.8 Å². The number of carbonyl (C=O) groups is 3. The molecular weight excluding hydrogens is 494 g/mol. The normalized spacial score (nSPS) is 22.9. The average Bonchev–Trinajstić information content (AvgIpc) is 3.59. The fourth-order valence-electron chi connectivity index (χ4n) is 4.51. The van der Waals surface area contributed by atoms with Crippen LogP contribution in [0.5, 0.6) is 0 Å². The average molecular weight is 516 g/mol. The van der Waals surface area contributed by atoms with Crippen molar-refractivity contribution in [1.82, 2.24) is 15.2 Å². The van der Waals surface area contributed by atoms with Crippen LogP contribution in [0, 0.1) is 23.7 Å². The van der Waals surface area contributed by atoms with Gasteiger partial charge >= 0.3 is 5.97 Å². The van der Waals surface area contributed by atoms with Gasteiger partial charge in [-0.1, -0.05) is 42.2 Å². The van der Waals surface area contributed by atoms with Gasteiger partial charge in [-0.2, -0.15) is 0 Å². The van der Waals surface area contributed by atoms with E-state index in [1.807, 2.05) is 31.2 Å². The van der Waals surface area contributed by atoms with Crippen molar-refractivity contribution in [3.05, 3.63) is 35.4 Å². The van der Waals surface area contributed by atoms with E-state index < -0.39 is 17.8 Å². The summed E-state index contributed by atoms with van der Waals surface area (Å²) in [6.07, 6.45) is 5.38. The van der Waals surface area contributed by atoms with Crippen molar-refractivity contribution in [2.45, 2.75) is 24.1 Å². The second kappa shape index (κ2) is 9.43. The van der Waals surface area contributed by atoms with Crippen LogP contribution < -0.4 is 10.6 Å². The first-order chi connectivity index (χ1) is 16.4. The molecule has 2 bridgehead atoms. The van der Waals surface area contributed by atoms with Crippen molar-refractivity contribution in [2.75, 3.05) is 16.4 Å². The number of aliphatic carboxylic acids is 1. The van der Waals surface area contributed by atoms with E-state index >= 15 is 0 Å². The minimum absolute atomic E-state index is 0.0268. The van der Waals surface area contributed by atoms with Crippen molar-refractivity contribution in [3.63, 3.8) is 0 Å². The maximum atomic E-state index is 12.9. The topological polar surface area (TPSA) is 134 Å². The number of carboxylic acid groups (broad SMARTS) is 1. The molecule has 12 heteroatoms. The summed E-state index contributed by atoms with van der Waals surface area (Å²) in [5.41, 5.74) is 1.38. The van der Waals surface area contributed by atoms with E-state index in [0.717, 1.165) is 32.4 Å². The number of hydrogen-bond acceptors (Lipinski definition) is 9. The number of carbonyl (C=O) groups excluding carboxylic acids is 2. The highest BCUT2D eigenvalue weighted by atomic mass is 32.2. The number of carboxylic acids is 1. The lowest BCUT2D eigenvalue weighted by molar-refractivity contribution is -0.146. The van der Waals surface area contributed by atoms with E-state index in [2.05, 4.69) is 25.8 Å². The van der Waals surface area contributed by atoms with Crippen LogP contribution in [-0.2, 0) is 20.8 Å². The summed E-state index contributed by atoms with van der Waals surface area (Å²) in [4.78, 5) is 41.4. The molecule has 3 aromatic rings. The Morgan fingerprint density at radius 3 is 2.65 bits per heavy atom. The van der Waals surface area contributed by atoms with Gasteiger partial charge in [0.15, 0.2) is 4.34 Å². The quantitative estimate of drug-likeness (QED) is 0.304. The van der Waals surface area contributed by atoms with E-state index in [4.69, 9.17) is 0 Å². The molecule has 0 radical (unpaired) electrons. The summed E-state index contributed by atoms with van der Waals surface area (Å²) >= 11 is 4.12. The number of fused-ring (bicyclic) bond motifs is 3. The molecule has 0 aliphatic heterocycles. The number of nitrogens with one attached hydrogen (secondary N) is 2. The third kappa shape index (κ3) is 4.57. The van der Waals surface area contributed by atoms with Crippen molar-refractivity contribution in [3.8, 4) is 0 Å². The van der Waals surface area contributed by atoms with Crippen LogP contribution in [0.2, 0.25) is 0 Å². The van der Waals surface area contributed by atoms with Crippen molar-refractivity contribution in [2.24, 2.45) is 23.7 Å². The minimum atomic E-state index is -0.919. The summed E-state index contributed by atoms with van der Waals surface area (Å²) in [6.45, 7) is 1.98. The van der Waals surface area contributed by atoms with Gasteiger partial charge in [0.1, 0.15) is 5.01 Å². The fourth-order valence-corrected chi connectivity index (χ4v) is 7.12. The molecule has 2 aliphatic rings. The Labute approximate surface area is 207 Å². The van der Waals surface area contributed by atoms with Gasteiger partial charge in [0.25, 0.3) is 0 Å². The lowest BCUT2D eigenvalue weighted by atomic mass is 9.82. The number of rotatable bonds is 8. The Kier molecular flexibility index (Phi) is 6.36. The number of thiazole rings is 1. The number of amides is 2. The highest BCUT2D eigenvalue weighted by molar-refractivity contribution is 8.01. The molecule has 0 saturated heterocycles. The molecule has 5 rings (SSSR count). The van der Waals surface area contributed by atoms with E-state index in [1.165, 1.54) is 34.4 Å². The number of aryl methyl sites for hydroxylation is 1. The first kappa shape index (κ1) is 22.9. The highest BCUT2D eigenvalue weighted by Crippen LogP contribution is 2.48. The molecule has 1 aromatic carbocycles. The number of anilines is 2. The van der Waals surface area contributed by atoms with E-state index in [-0.39, 0.29) is 29.4 Å². The van der Waals surface area contributed by atoms with Crippen molar-refractivity contribution >= 4 is 73.3 Å². The molecule has 2 amide bonds. The first-order valence-corrected chi connectivity index (χ1v) is 13.4. The minimum Gasteiger partial charge on any atom is -0.481 e. The van der Waals surface area contributed by atoms with Crippen molar-refractivity contribution < 1.29 is 19.5 Å². The standard InChI is InChI=1S/C22H21N5O4S3/c1-2-16-26-27-21(34-16)25-15(28)9-32-22-24-13-6-5-12(8-14(13)33-22)23-19(29)17-10-3-4-11(7-10)18(17)20(30)31/h3-6,8,10-11,17-18H,2,7,9H2,1H3,(H,23,29)(H,30,31)(H,25,27,28)/t10-,11-,17+,18+/m0/s1. The smallest absolute Gasteiger partial charge is 0.307 e. The van der Waals surface area contributed by atoms with Gasteiger partial charge in [-0.15, -0.1) is 21.5 Å². The number of nitrogens with zero attached hydrogens (tertiary/aromatic N) is 3. The predicted molar refractivity (Wildman–Crippen MR) is 132 cm³/mol. The summed E-state index contributed by atoms with van der Waals surface area (Å²) in [7, 11) is 0. The van der Waals surface area contributed by atoms with Gasteiger partial charge in [-0.25, -0.2) is 4.98 Å². The SMILES string of the molecule is CCc1nnc(NC(=O)CSc2nc3ccc(NC(=O)[C@H]4[C@H](C(=O)O)[C@H]5C=C[C@H]4C5)cc3s2)s1. The van der Waals surface area contributed by atoms with Gasteiger partial charge in [-0.3, -0.25) is 19.7 Å². The molecular formula is C22H21N5O4S3. The van der Waals surface area contributed by atoms with E-state index in [0.29, 0.717) is 10.8 Å². The lowest BCUT2D eigenvalue weighted by Crippen LogP contribution is -2.36. The van der Waals surface area contributed by atoms with Crippen LogP contribution in [0.3, 0.4) is 0 Å². The summed E-state index contributed by atoms with van der Waals surface area (Å²) < 4.78 is 1.62. The summed E-state index contributed by atoms with van der Waals surface area (Å²) in [5, 5.41) is 24.5. The number of aromatic nitrogens is 3. The van der Waals surface area contributed by atoms with Gasteiger partial charge in [0.05, 0.1) is 27.8 Å². The molecule has 3 N–H and O–H groups in total. The molecule has 1 fully saturated rings. The molecule has 2 aliphatic carbocycles. The third-order valence-electron chi connectivity index (χ3n) is 6.03. The third-order valence-corrected chi connectivity index (χ3v) is 9.17. The molecule has 0 unspecified atom stereocenters. The van der Waals surface area contributed by atoms with Crippen LogP contribution >= 0.6 is 34.4 Å².